The Morgan fingerprint density at radius 2 is 2.26 bits per heavy atom. The molecule has 0 saturated heterocycles. The van der Waals surface area contributed by atoms with E-state index in [0.29, 0.717) is 18.8 Å². The van der Waals surface area contributed by atoms with Gasteiger partial charge in [-0.05, 0) is 30.2 Å². The van der Waals surface area contributed by atoms with E-state index < -0.39 is 0 Å². The Balaban J connectivity index is 2.20. The molecule has 1 amide bonds. The summed E-state index contributed by atoms with van der Waals surface area (Å²) in [5, 5.41) is 2.76. The Morgan fingerprint density at radius 3 is 3.00 bits per heavy atom. The second-order valence-corrected chi connectivity index (χ2v) is 4.26. The predicted octanol–water partition coefficient (Wildman–Crippen LogP) is 2.21. The molecule has 104 valence electrons. The van der Waals surface area contributed by atoms with Gasteiger partial charge >= 0.3 is 0 Å². The normalized spacial score (nSPS) is 10.8. The highest BCUT2D eigenvalue weighted by molar-refractivity contribution is 5.91. The van der Waals surface area contributed by atoms with Crippen LogP contribution in [0.1, 0.15) is 25.3 Å². The first kappa shape index (κ1) is 15.2. The number of anilines is 1. The Bertz CT molecular complexity index is 416. The molecule has 0 saturated carbocycles. The van der Waals surface area contributed by atoms with Gasteiger partial charge in [-0.3, -0.25) is 4.79 Å². The van der Waals surface area contributed by atoms with Crippen molar-refractivity contribution < 1.29 is 9.53 Å². The zero-order valence-electron chi connectivity index (χ0n) is 11.4. The first-order valence-electron chi connectivity index (χ1n) is 6.61. The van der Waals surface area contributed by atoms with Crippen LogP contribution in [0.25, 0.3) is 6.08 Å². The van der Waals surface area contributed by atoms with Crippen LogP contribution in [0.3, 0.4) is 0 Å². The number of benzene rings is 1. The fourth-order valence-electron chi connectivity index (χ4n) is 1.49. The van der Waals surface area contributed by atoms with Crippen LogP contribution in [-0.2, 0) is 9.53 Å². The van der Waals surface area contributed by atoms with E-state index in [1.807, 2.05) is 24.3 Å². The van der Waals surface area contributed by atoms with Crippen LogP contribution < -0.4 is 11.1 Å². The van der Waals surface area contributed by atoms with Crippen molar-refractivity contribution in [1.82, 2.24) is 5.32 Å². The van der Waals surface area contributed by atoms with Gasteiger partial charge in [-0.2, -0.15) is 0 Å². The lowest BCUT2D eigenvalue weighted by atomic mass is 10.2. The fourth-order valence-corrected chi connectivity index (χ4v) is 1.49. The maximum absolute atomic E-state index is 11.5. The molecule has 0 unspecified atom stereocenters. The highest BCUT2D eigenvalue weighted by atomic mass is 16.5. The number of carbonyl (C=O) groups is 1. The molecule has 0 aliphatic heterocycles. The summed E-state index contributed by atoms with van der Waals surface area (Å²) in [6.45, 7) is 3.96. The third kappa shape index (κ3) is 7.26. The van der Waals surface area contributed by atoms with E-state index in [1.165, 1.54) is 6.08 Å². The van der Waals surface area contributed by atoms with Crippen molar-refractivity contribution in [1.29, 1.82) is 0 Å². The lowest BCUT2D eigenvalue weighted by Gasteiger charge is -2.03. The maximum Gasteiger partial charge on any atom is 0.244 e. The number of rotatable bonds is 8. The zero-order valence-corrected chi connectivity index (χ0v) is 11.4. The molecule has 4 nitrogen and oxygen atoms in total. The minimum atomic E-state index is -0.124. The highest BCUT2D eigenvalue weighted by Gasteiger charge is 1.95. The molecular weight excluding hydrogens is 240 g/mol. The topological polar surface area (TPSA) is 64.3 Å². The molecule has 0 radical (unpaired) electrons. The predicted molar refractivity (Wildman–Crippen MR) is 78.6 cm³/mol. The van der Waals surface area contributed by atoms with Gasteiger partial charge in [0.25, 0.3) is 0 Å². The summed E-state index contributed by atoms with van der Waals surface area (Å²) in [6, 6.07) is 7.38. The van der Waals surface area contributed by atoms with Crippen LogP contribution >= 0.6 is 0 Å². The summed E-state index contributed by atoms with van der Waals surface area (Å²) in [6.07, 6.45) is 5.42. The minimum Gasteiger partial charge on any atom is -0.399 e. The maximum atomic E-state index is 11.5. The number of amides is 1. The van der Waals surface area contributed by atoms with Crippen molar-refractivity contribution in [2.75, 3.05) is 25.5 Å². The number of unbranched alkanes of at least 4 members (excludes halogenated alkanes) is 1. The van der Waals surface area contributed by atoms with Crippen LogP contribution in [0.4, 0.5) is 5.69 Å². The average Bonchev–Trinajstić information content (AvgIpc) is 2.40. The van der Waals surface area contributed by atoms with E-state index >= 15 is 0 Å². The first-order chi connectivity index (χ1) is 9.22. The largest absolute Gasteiger partial charge is 0.399 e. The summed E-state index contributed by atoms with van der Waals surface area (Å²) < 4.78 is 5.35. The molecule has 3 N–H and O–H groups in total. The number of ether oxygens (including phenoxy) is 1. The van der Waals surface area contributed by atoms with Crippen molar-refractivity contribution >= 4 is 17.7 Å². The van der Waals surface area contributed by atoms with E-state index in [9.17, 15) is 4.79 Å². The van der Waals surface area contributed by atoms with E-state index in [2.05, 4.69) is 12.2 Å². The molecule has 1 rings (SSSR count). The van der Waals surface area contributed by atoms with E-state index in [4.69, 9.17) is 10.5 Å². The van der Waals surface area contributed by atoms with Crippen molar-refractivity contribution in [3.05, 3.63) is 35.9 Å². The molecule has 1 aromatic rings. The SMILES string of the molecule is CCCCOCCNC(=O)/C=C/c1cccc(N)c1. The number of carbonyl (C=O) groups excluding carboxylic acids is 1. The summed E-state index contributed by atoms with van der Waals surface area (Å²) in [4.78, 5) is 11.5. The quantitative estimate of drug-likeness (QED) is 0.429. The first-order valence-corrected chi connectivity index (χ1v) is 6.61. The Labute approximate surface area is 114 Å². The van der Waals surface area contributed by atoms with Crippen LogP contribution in [0.5, 0.6) is 0 Å². The van der Waals surface area contributed by atoms with Crippen molar-refractivity contribution in [3.63, 3.8) is 0 Å². The lowest BCUT2D eigenvalue weighted by molar-refractivity contribution is -0.116. The van der Waals surface area contributed by atoms with Gasteiger partial charge in [0, 0.05) is 24.9 Å². The van der Waals surface area contributed by atoms with Gasteiger partial charge in [0.05, 0.1) is 6.61 Å². The standard InChI is InChI=1S/C15H22N2O2/c1-2-3-10-19-11-9-17-15(18)8-7-13-5-4-6-14(16)12-13/h4-8,12H,2-3,9-11,16H2,1H3,(H,17,18)/b8-7+. The van der Waals surface area contributed by atoms with E-state index in [-0.39, 0.29) is 5.91 Å². The van der Waals surface area contributed by atoms with Gasteiger partial charge in [0.2, 0.25) is 5.91 Å². The molecular formula is C15H22N2O2. The lowest BCUT2D eigenvalue weighted by Crippen LogP contribution is -2.25. The fraction of sp³-hybridized carbons (Fsp3) is 0.400. The molecule has 4 heteroatoms. The summed E-state index contributed by atoms with van der Waals surface area (Å²) in [7, 11) is 0. The van der Waals surface area contributed by atoms with Gasteiger partial charge in [-0.15, -0.1) is 0 Å². The molecule has 0 atom stereocenters. The third-order valence-corrected chi connectivity index (χ3v) is 2.53. The number of nitrogens with one attached hydrogen (secondary N) is 1. The second-order valence-electron chi connectivity index (χ2n) is 4.26. The molecule has 0 aromatic heterocycles. The molecule has 1 aromatic carbocycles. The van der Waals surface area contributed by atoms with Gasteiger partial charge < -0.3 is 15.8 Å². The average molecular weight is 262 g/mol. The molecule has 0 aliphatic rings. The second kappa shape index (κ2) is 9.16. The zero-order chi connectivity index (χ0) is 13.9. The van der Waals surface area contributed by atoms with Crippen molar-refractivity contribution in [2.45, 2.75) is 19.8 Å². The summed E-state index contributed by atoms with van der Waals surface area (Å²) in [5.74, 6) is -0.124. The monoisotopic (exact) mass is 262 g/mol. The molecule has 0 aliphatic carbocycles. The number of nitrogens with two attached hydrogens (primary N) is 1. The van der Waals surface area contributed by atoms with Crippen molar-refractivity contribution in [2.24, 2.45) is 0 Å². The van der Waals surface area contributed by atoms with Crippen LogP contribution in [0.2, 0.25) is 0 Å². The van der Waals surface area contributed by atoms with Crippen LogP contribution in [-0.4, -0.2) is 25.7 Å². The van der Waals surface area contributed by atoms with E-state index in [1.54, 1.807) is 6.08 Å². The Morgan fingerprint density at radius 1 is 1.42 bits per heavy atom. The van der Waals surface area contributed by atoms with Gasteiger partial charge in [0.1, 0.15) is 0 Å². The Kier molecular flexibility index (Phi) is 7.35. The number of hydrogen-bond donors (Lipinski definition) is 2. The summed E-state index contributed by atoms with van der Waals surface area (Å²) in [5.41, 5.74) is 7.25. The highest BCUT2D eigenvalue weighted by Crippen LogP contribution is 2.07. The molecule has 19 heavy (non-hydrogen) atoms. The molecule has 0 bridgehead atoms. The smallest absolute Gasteiger partial charge is 0.244 e. The van der Waals surface area contributed by atoms with Gasteiger partial charge in [-0.25, -0.2) is 0 Å². The number of hydrogen-bond acceptors (Lipinski definition) is 3. The molecule has 0 heterocycles. The Hall–Kier alpha value is -1.81. The van der Waals surface area contributed by atoms with Crippen molar-refractivity contribution in [3.8, 4) is 0 Å². The molecule has 0 fully saturated rings. The molecule has 0 spiro atoms. The third-order valence-electron chi connectivity index (χ3n) is 2.53. The van der Waals surface area contributed by atoms with Gasteiger partial charge in [0.15, 0.2) is 0 Å². The van der Waals surface area contributed by atoms with Crippen LogP contribution in [0, 0.1) is 0 Å². The van der Waals surface area contributed by atoms with E-state index in [0.717, 1.165) is 25.0 Å². The summed E-state index contributed by atoms with van der Waals surface area (Å²) >= 11 is 0. The minimum absolute atomic E-state index is 0.124. The van der Waals surface area contributed by atoms with Crippen LogP contribution in [0.15, 0.2) is 30.3 Å². The number of nitrogen functional groups attached to an aromatic ring is 1. The van der Waals surface area contributed by atoms with Gasteiger partial charge in [-0.1, -0.05) is 25.5 Å².